The van der Waals surface area contributed by atoms with Crippen molar-refractivity contribution >= 4 is 43.8 Å². The molecule has 25 heavy (non-hydrogen) atoms. The number of hydrogen-bond donors (Lipinski definition) is 0. The van der Waals surface area contributed by atoms with Crippen molar-refractivity contribution in [3.63, 3.8) is 0 Å². The molecule has 0 saturated carbocycles. The van der Waals surface area contributed by atoms with Gasteiger partial charge in [0, 0.05) is 15.2 Å². The van der Waals surface area contributed by atoms with E-state index < -0.39 is 5.97 Å². The van der Waals surface area contributed by atoms with Crippen LogP contribution < -0.4 is 9.47 Å². The average Bonchev–Trinajstić information content (AvgIpc) is 2.99. The van der Waals surface area contributed by atoms with Crippen LogP contribution in [0.1, 0.15) is 0 Å². The van der Waals surface area contributed by atoms with Crippen LogP contribution in [0.4, 0.5) is 0 Å². The van der Waals surface area contributed by atoms with Gasteiger partial charge in [-0.05, 0) is 48.5 Å². The summed E-state index contributed by atoms with van der Waals surface area (Å²) in [5, 5.41) is 1.90. The maximum absolute atomic E-state index is 12.0. The van der Waals surface area contributed by atoms with Crippen LogP contribution in [-0.2, 0) is 4.79 Å². The first kappa shape index (κ1) is 15.7. The van der Waals surface area contributed by atoms with E-state index >= 15 is 0 Å². The van der Waals surface area contributed by atoms with Gasteiger partial charge in [-0.1, -0.05) is 34.1 Å². The number of rotatable bonds is 4. The fraction of sp³-hybridized carbons (Fsp3) is 0.0500. The van der Waals surface area contributed by atoms with Gasteiger partial charge in [0.25, 0.3) is 0 Å². The lowest BCUT2D eigenvalue weighted by molar-refractivity contribution is -0.136. The highest BCUT2D eigenvalue weighted by atomic mass is 79.9. The number of halogens is 1. The third kappa shape index (κ3) is 3.37. The van der Waals surface area contributed by atoms with E-state index in [1.54, 1.807) is 30.3 Å². The maximum atomic E-state index is 12.0. The molecule has 1 heterocycles. The second-order valence-electron chi connectivity index (χ2n) is 5.47. The van der Waals surface area contributed by atoms with Crippen LogP contribution in [0.3, 0.4) is 0 Å². The minimum atomic E-state index is -0.463. The van der Waals surface area contributed by atoms with Crippen molar-refractivity contribution in [2.24, 2.45) is 0 Å². The van der Waals surface area contributed by atoms with Gasteiger partial charge >= 0.3 is 5.97 Å². The first-order valence-corrected chi connectivity index (χ1v) is 8.49. The molecule has 1 aromatic heterocycles. The molecule has 0 bridgehead atoms. The second kappa shape index (κ2) is 6.61. The first-order chi connectivity index (χ1) is 12.2. The van der Waals surface area contributed by atoms with E-state index in [-0.39, 0.29) is 6.61 Å². The van der Waals surface area contributed by atoms with Gasteiger partial charge in [0.1, 0.15) is 22.7 Å². The minimum Gasteiger partial charge on any atom is -0.482 e. The molecule has 124 valence electrons. The maximum Gasteiger partial charge on any atom is 0.349 e. The lowest BCUT2D eigenvalue weighted by Crippen LogP contribution is -2.17. The van der Waals surface area contributed by atoms with Gasteiger partial charge in [0.05, 0.1) is 0 Å². The van der Waals surface area contributed by atoms with E-state index in [1.807, 2.05) is 36.4 Å². The molecule has 0 aliphatic rings. The largest absolute Gasteiger partial charge is 0.482 e. The Morgan fingerprint density at radius 3 is 2.44 bits per heavy atom. The van der Waals surface area contributed by atoms with Gasteiger partial charge < -0.3 is 13.9 Å². The van der Waals surface area contributed by atoms with Crippen molar-refractivity contribution in [1.82, 2.24) is 0 Å². The van der Waals surface area contributed by atoms with Crippen LogP contribution in [0.15, 0.2) is 75.6 Å². The molecule has 0 atom stereocenters. The Morgan fingerprint density at radius 2 is 1.60 bits per heavy atom. The van der Waals surface area contributed by atoms with Crippen molar-refractivity contribution in [3.8, 4) is 11.5 Å². The number of hydrogen-bond acceptors (Lipinski definition) is 4. The highest BCUT2D eigenvalue weighted by Gasteiger charge is 2.10. The number of carbonyl (C=O) groups excluding carboxylic acids is 1. The van der Waals surface area contributed by atoms with Crippen LogP contribution in [-0.4, -0.2) is 12.6 Å². The third-order valence-electron chi connectivity index (χ3n) is 3.75. The molecule has 0 radical (unpaired) electrons. The molecule has 4 aromatic rings. The Labute approximate surface area is 152 Å². The summed E-state index contributed by atoms with van der Waals surface area (Å²) in [5.74, 6) is 0.606. The van der Waals surface area contributed by atoms with Gasteiger partial charge in [-0.2, -0.15) is 0 Å². The molecule has 5 heteroatoms. The van der Waals surface area contributed by atoms with Crippen LogP contribution in [0.25, 0.3) is 21.9 Å². The summed E-state index contributed by atoms with van der Waals surface area (Å²) >= 11 is 3.35. The van der Waals surface area contributed by atoms with E-state index in [4.69, 9.17) is 13.9 Å². The number of benzene rings is 3. The summed E-state index contributed by atoms with van der Waals surface area (Å²) in [6.07, 6.45) is 0. The molecule has 0 spiro atoms. The fourth-order valence-corrected chi connectivity index (χ4v) is 2.87. The summed E-state index contributed by atoms with van der Waals surface area (Å²) in [7, 11) is 0. The molecular weight excluding hydrogens is 384 g/mol. The topological polar surface area (TPSA) is 48.7 Å². The molecule has 4 nitrogen and oxygen atoms in total. The van der Waals surface area contributed by atoms with E-state index in [0.29, 0.717) is 11.5 Å². The molecule has 0 aliphatic carbocycles. The van der Waals surface area contributed by atoms with Gasteiger partial charge in [0.15, 0.2) is 6.61 Å². The predicted molar refractivity (Wildman–Crippen MR) is 99.0 cm³/mol. The molecule has 4 rings (SSSR count). The molecule has 0 amide bonds. The van der Waals surface area contributed by atoms with Crippen LogP contribution >= 0.6 is 15.9 Å². The van der Waals surface area contributed by atoms with Crippen LogP contribution in [0.2, 0.25) is 0 Å². The first-order valence-electron chi connectivity index (χ1n) is 7.69. The molecule has 3 aromatic carbocycles. The fourth-order valence-electron chi connectivity index (χ4n) is 2.60. The highest BCUT2D eigenvalue weighted by molar-refractivity contribution is 9.10. The van der Waals surface area contributed by atoms with E-state index in [2.05, 4.69) is 15.9 Å². The number of esters is 1. The Balaban J connectivity index is 1.49. The van der Waals surface area contributed by atoms with E-state index in [0.717, 1.165) is 26.4 Å². The summed E-state index contributed by atoms with van der Waals surface area (Å²) in [5.41, 5.74) is 1.56. The highest BCUT2D eigenvalue weighted by Crippen LogP contribution is 2.31. The minimum absolute atomic E-state index is 0.161. The molecule has 0 aliphatic heterocycles. The summed E-state index contributed by atoms with van der Waals surface area (Å²) < 4.78 is 17.5. The number of fused-ring (bicyclic) bond motifs is 3. The smallest absolute Gasteiger partial charge is 0.349 e. The van der Waals surface area contributed by atoms with Crippen molar-refractivity contribution in [3.05, 3.63) is 71.2 Å². The number of carbonyl (C=O) groups is 1. The zero-order valence-corrected chi connectivity index (χ0v) is 14.7. The standard InChI is InChI=1S/C20H13BrO4/c21-13-5-7-14(8-6-13)23-12-20(22)24-15-9-10-19-17(11-15)16-3-1-2-4-18(16)25-19/h1-11H,12H2. The van der Waals surface area contributed by atoms with Crippen molar-refractivity contribution in [1.29, 1.82) is 0 Å². The SMILES string of the molecule is O=C(COc1ccc(Br)cc1)Oc1ccc2oc3ccccc3c2c1. The quantitative estimate of drug-likeness (QED) is 0.345. The molecule has 0 unspecified atom stereocenters. The normalized spacial score (nSPS) is 10.9. The Hall–Kier alpha value is -2.79. The van der Waals surface area contributed by atoms with Crippen molar-refractivity contribution in [2.75, 3.05) is 6.61 Å². The number of furan rings is 1. The van der Waals surface area contributed by atoms with Gasteiger partial charge in [0.2, 0.25) is 0 Å². The van der Waals surface area contributed by atoms with Gasteiger partial charge in [-0.3, -0.25) is 0 Å². The summed E-state index contributed by atoms with van der Waals surface area (Å²) in [6, 6.07) is 20.3. The monoisotopic (exact) mass is 396 g/mol. The van der Waals surface area contributed by atoms with E-state index in [1.165, 1.54) is 0 Å². The zero-order chi connectivity index (χ0) is 17.2. The number of para-hydroxylation sites is 1. The van der Waals surface area contributed by atoms with Crippen molar-refractivity contribution in [2.45, 2.75) is 0 Å². The Bertz CT molecular complexity index is 1050. The summed E-state index contributed by atoms with van der Waals surface area (Å²) in [4.78, 5) is 12.0. The molecule has 0 N–H and O–H groups in total. The second-order valence-corrected chi connectivity index (χ2v) is 6.39. The third-order valence-corrected chi connectivity index (χ3v) is 4.28. The zero-order valence-electron chi connectivity index (χ0n) is 13.1. The summed E-state index contributed by atoms with van der Waals surface area (Å²) in [6.45, 7) is -0.161. The van der Waals surface area contributed by atoms with Gasteiger partial charge in [-0.25, -0.2) is 4.79 Å². The average molecular weight is 397 g/mol. The lowest BCUT2D eigenvalue weighted by Gasteiger charge is -2.07. The Kier molecular flexibility index (Phi) is 4.15. The number of ether oxygens (including phenoxy) is 2. The molecular formula is C20H13BrO4. The van der Waals surface area contributed by atoms with Crippen LogP contribution in [0.5, 0.6) is 11.5 Å². The molecule has 0 fully saturated rings. The van der Waals surface area contributed by atoms with Crippen molar-refractivity contribution < 1.29 is 18.7 Å². The van der Waals surface area contributed by atoms with E-state index in [9.17, 15) is 4.79 Å². The van der Waals surface area contributed by atoms with Crippen LogP contribution in [0, 0.1) is 0 Å². The predicted octanol–water partition coefficient (Wildman–Crippen LogP) is 5.33. The van der Waals surface area contributed by atoms with Gasteiger partial charge in [-0.15, -0.1) is 0 Å². The lowest BCUT2D eigenvalue weighted by atomic mass is 10.1. The molecule has 0 saturated heterocycles. The Morgan fingerprint density at radius 1 is 0.880 bits per heavy atom.